The maximum Gasteiger partial charge on any atom is 0.256 e. The van der Waals surface area contributed by atoms with Crippen molar-refractivity contribution in [3.05, 3.63) is 46.3 Å². The fourth-order valence-electron chi connectivity index (χ4n) is 5.22. The first-order valence-corrected chi connectivity index (χ1v) is 12.1. The summed E-state index contributed by atoms with van der Waals surface area (Å²) in [5.41, 5.74) is 5.91. The SMILES string of the molecule is CC(=O)Nc1ccc2c(c1)/C(=C\c1[nH]c3c(c1C)C(=O)N(CCN1CCCCC1)CC3)C(=O)N2. The molecule has 1 aromatic carbocycles. The third kappa shape index (κ3) is 4.25. The van der Waals surface area contributed by atoms with Gasteiger partial charge in [-0.3, -0.25) is 14.4 Å². The van der Waals surface area contributed by atoms with Gasteiger partial charge in [-0.25, -0.2) is 0 Å². The molecule has 0 atom stereocenters. The molecule has 0 radical (unpaired) electrons. The Morgan fingerprint density at radius 3 is 2.68 bits per heavy atom. The number of hydrogen-bond donors (Lipinski definition) is 3. The zero-order chi connectivity index (χ0) is 23.8. The fraction of sp³-hybridized carbons (Fsp3) is 0.423. The van der Waals surface area contributed by atoms with Crippen molar-refractivity contribution in [2.75, 3.05) is 43.4 Å². The molecule has 5 rings (SSSR count). The van der Waals surface area contributed by atoms with Crippen molar-refractivity contribution in [2.45, 2.75) is 39.5 Å². The topological polar surface area (TPSA) is 97.5 Å². The summed E-state index contributed by atoms with van der Waals surface area (Å²) >= 11 is 0. The minimum Gasteiger partial charge on any atom is -0.358 e. The number of aromatic amines is 1. The average molecular weight is 462 g/mol. The number of carbonyl (C=O) groups is 3. The number of amides is 3. The van der Waals surface area contributed by atoms with Gasteiger partial charge in [0.2, 0.25) is 5.91 Å². The van der Waals surface area contributed by atoms with Crippen LogP contribution in [0.15, 0.2) is 18.2 Å². The third-order valence-electron chi connectivity index (χ3n) is 7.05. The number of rotatable bonds is 5. The van der Waals surface area contributed by atoms with Gasteiger partial charge in [0.15, 0.2) is 0 Å². The summed E-state index contributed by atoms with van der Waals surface area (Å²) in [5.74, 6) is -0.295. The second kappa shape index (κ2) is 9.10. The Hall–Kier alpha value is -3.39. The van der Waals surface area contributed by atoms with Crippen molar-refractivity contribution >= 4 is 40.7 Å². The molecule has 3 N–H and O–H groups in total. The Labute approximate surface area is 199 Å². The lowest BCUT2D eigenvalue weighted by molar-refractivity contribution is -0.114. The number of nitrogens with one attached hydrogen (secondary N) is 3. The average Bonchev–Trinajstić information content (AvgIpc) is 3.30. The summed E-state index contributed by atoms with van der Waals surface area (Å²) in [6.45, 7) is 8.03. The second-order valence-electron chi connectivity index (χ2n) is 9.42. The van der Waals surface area contributed by atoms with Gasteiger partial charge >= 0.3 is 0 Å². The van der Waals surface area contributed by atoms with Gasteiger partial charge in [-0.05, 0) is 62.7 Å². The summed E-state index contributed by atoms with van der Waals surface area (Å²) in [6, 6.07) is 5.35. The van der Waals surface area contributed by atoms with Crippen molar-refractivity contribution in [3.8, 4) is 0 Å². The van der Waals surface area contributed by atoms with Gasteiger partial charge in [0.25, 0.3) is 11.8 Å². The van der Waals surface area contributed by atoms with Crippen LogP contribution in [-0.2, 0) is 16.0 Å². The third-order valence-corrected chi connectivity index (χ3v) is 7.05. The molecule has 8 heteroatoms. The lowest BCUT2D eigenvalue weighted by Gasteiger charge is -2.32. The van der Waals surface area contributed by atoms with Crippen molar-refractivity contribution in [2.24, 2.45) is 0 Å². The molecule has 1 aromatic heterocycles. The first kappa shape index (κ1) is 22.4. The Bertz CT molecular complexity index is 1190. The summed E-state index contributed by atoms with van der Waals surface area (Å²) in [4.78, 5) is 45.3. The van der Waals surface area contributed by atoms with Crippen molar-refractivity contribution in [3.63, 3.8) is 0 Å². The monoisotopic (exact) mass is 461 g/mol. The minimum atomic E-state index is -0.198. The Kier molecular flexibility index (Phi) is 6.00. The summed E-state index contributed by atoms with van der Waals surface area (Å²) in [5, 5.41) is 5.64. The van der Waals surface area contributed by atoms with Crippen LogP contribution in [0.3, 0.4) is 0 Å². The molecule has 3 aliphatic heterocycles. The number of anilines is 2. The number of likely N-dealkylation sites (tertiary alicyclic amines) is 1. The van der Waals surface area contributed by atoms with Crippen molar-refractivity contribution in [1.29, 1.82) is 0 Å². The van der Waals surface area contributed by atoms with E-state index in [9.17, 15) is 14.4 Å². The molecular weight excluding hydrogens is 430 g/mol. The highest BCUT2D eigenvalue weighted by molar-refractivity contribution is 6.35. The molecule has 3 amide bonds. The van der Waals surface area contributed by atoms with Crippen LogP contribution in [0.2, 0.25) is 0 Å². The maximum absolute atomic E-state index is 13.3. The van der Waals surface area contributed by atoms with E-state index in [0.29, 0.717) is 23.5 Å². The molecule has 8 nitrogen and oxygen atoms in total. The molecule has 34 heavy (non-hydrogen) atoms. The van der Waals surface area contributed by atoms with E-state index in [1.807, 2.05) is 17.9 Å². The Balaban J connectivity index is 1.39. The zero-order valence-electron chi connectivity index (χ0n) is 19.8. The van der Waals surface area contributed by atoms with Crippen LogP contribution in [0.5, 0.6) is 0 Å². The first-order valence-electron chi connectivity index (χ1n) is 12.1. The van der Waals surface area contributed by atoms with E-state index in [1.165, 1.54) is 26.2 Å². The Morgan fingerprint density at radius 1 is 1.12 bits per heavy atom. The number of aromatic nitrogens is 1. The van der Waals surface area contributed by atoms with Crippen LogP contribution >= 0.6 is 0 Å². The standard InChI is InChI=1S/C26H31N5O3/c1-16-23(15-20-19-14-18(27-17(2)32)6-7-21(19)29-25(20)33)28-22-8-11-31(26(34)24(16)22)13-12-30-9-4-3-5-10-30/h6-7,14-15,28H,3-5,8-13H2,1-2H3,(H,27,32)(H,29,33)/b20-15+. The molecular formula is C26H31N5O3. The van der Waals surface area contributed by atoms with Crippen LogP contribution in [-0.4, -0.2) is 65.2 Å². The molecule has 0 bridgehead atoms. The van der Waals surface area contributed by atoms with Crippen LogP contribution in [0, 0.1) is 6.92 Å². The van der Waals surface area contributed by atoms with Crippen LogP contribution < -0.4 is 10.6 Å². The molecule has 0 aliphatic carbocycles. The highest BCUT2D eigenvalue weighted by Gasteiger charge is 2.31. The normalized spacial score (nSPS) is 19.2. The van der Waals surface area contributed by atoms with Crippen LogP contribution in [0.25, 0.3) is 11.6 Å². The number of H-pyrrole nitrogens is 1. The van der Waals surface area contributed by atoms with Gasteiger partial charge in [-0.1, -0.05) is 6.42 Å². The molecule has 0 spiro atoms. The largest absolute Gasteiger partial charge is 0.358 e. The predicted octanol–water partition coefficient (Wildman–Crippen LogP) is 3.26. The van der Waals surface area contributed by atoms with E-state index in [1.54, 1.807) is 18.2 Å². The van der Waals surface area contributed by atoms with E-state index >= 15 is 0 Å². The summed E-state index contributed by atoms with van der Waals surface area (Å²) in [6.07, 6.45) is 6.39. The zero-order valence-corrected chi connectivity index (χ0v) is 19.8. The number of nitrogens with zero attached hydrogens (tertiary/aromatic N) is 2. The quantitative estimate of drug-likeness (QED) is 0.596. The van der Waals surface area contributed by atoms with Gasteiger partial charge < -0.3 is 25.4 Å². The lowest BCUT2D eigenvalue weighted by atomic mass is 10.0. The lowest BCUT2D eigenvalue weighted by Crippen LogP contribution is -2.43. The molecule has 1 saturated heterocycles. The van der Waals surface area contributed by atoms with Crippen molar-refractivity contribution in [1.82, 2.24) is 14.8 Å². The number of piperidine rings is 1. The maximum atomic E-state index is 13.3. The highest BCUT2D eigenvalue weighted by Crippen LogP contribution is 2.36. The smallest absolute Gasteiger partial charge is 0.256 e. The minimum absolute atomic E-state index is 0.0703. The number of fused-ring (bicyclic) bond motifs is 2. The predicted molar refractivity (Wildman–Crippen MR) is 133 cm³/mol. The summed E-state index contributed by atoms with van der Waals surface area (Å²) < 4.78 is 0. The molecule has 1 fully saturated rings. The van der Waals surface area contributed by atoms with E-state index in [0.717, 1.165) is 60.7 Å². The van der Waals surface area contributed by atoms with E-state index in [4.69, 9.17) is 0 Å². The Morgan fingerprint density at radius 2 is 1.91 bits per heavy atom. The first-order chi connectivity index (χ1) is 16.4. The van der Waals surface area contributed by atoms with E-state index in [2.05, 4.69) is 20.5 Å². The van der Waals surface area contributed by atoms with Crippen LogP contribution in [0.1, 0.15) is 59.1 Å². The van der Waals surface area contributed by atoms with Crippen molar-refractivity contribution < 1.29 is 14.4 Å². The fourth-order valence-corrected chi connectivity index (χ4v) is 5.22. The number of carbonyl (C=O) groups excluding carboxylic acids is 3. The van der Waals surface area contributed by atoms with Gasteiger partial charge in [0.1, 0.15) is 0 Å². The molecule has 0 saturated carbocycles. The van der Waals surface area contributed by atoms with Gasteiger partial charge in [0.05, 0.1) is 11.1 Å². The van der Waals surface area contributed by atoms with E-state index < -0.39 is 0 Å². The number of hydrogen-bond acceptors (Lipinski definition) is 4. The van der Waals surface area contributed by atoms with E-state index in [-0.39, 0.29) is 17.7 Å². The molecule has 178 valence electrons. The van der Waals surface area contributed by atoms with Gasteiger partial charge in [-0.15, -0.1) is 0 Å². The highest BCUT2D eigenvalue weighted by atomic mass is 16.2. The van der Waals surface area contributed by atoms with Crippen LogP contribution in [0.4, 0.5) is 11.4 Å². The molecule has 2 aromatic rings. The van der Waals surface area contributed by atoms with Gasteiger partial charge in [-0.2, -0.15) is 0 Å². The second-order valence-corrected chi connectivity index (χ2v) is 9.42. The molecule has 0 unspecified atom stereocenters. The van der Waals surface area contributed by atoms with Gasteiger partial charge in [0, 0.05) is 61.3 Å². The number of benzene rings is 1. The molecule has 4 heterocycles. The molecule has 3 aliphatic rings. The summed E-state index contributed by atoms with van der Waals surface area (Å²) in [7, 11) is 0.